The second-order valence-electron chi connectivity index (χ2n) is 14.0. The van der Waals surface area contributed by atoms with Gasteiger partial charge in [-0.15, -0.1) is 5.10 Å². The number of pyridine rings is 1. The first kappa shape index (κ1) is 46.4. The molecule has 4 N–H and O–H groups in total. The van der Waals surface area contributed by atoms with Gasteiger partial charge in [0.1, 0.15) is 11.1 Å². The Hall–Kier alpha value is -5.29. The summed E-state index contributed by atoms with van der Waals surface area (Å²) in [6, 6.07) is 19.1. The van der Waals surface area contributed by atoms with Gasteiger partial charge in [-0.2, -0.15) is 5.10 Å². The average Bonchev–Trinajstić information content (AvgIpc) is 3.88. The number of hydrogen-bond acceptors (Lipinski definition) is 10. The number of nitrogens with zero attached hydrogens (tertiary/aromatic N) is 7. The van der Waals surface area contributed by atoms with E-state index in [9.17, 15) is 29.4 Å². The van der Waals surface area contributed by atoms with E-state index in [-0.39, 0.29) is 54.0 Å². The van der Waals surface area contributed by atoms with Crippen LogP contribution in [0.3, 0.4) is 0 Å². The number of halogens is 1. The Labute approximate surface area is 369 Å². The van der Waals surface area contributed by atoms with Crippen LogP contribution >= 0.6 is 11.6 Å². The third-order valence-corrected chi connectivity index (χ3v) is 10.4. The van der Waals surface area contributed by atoms with Crippen LogP contribution in [0.25, 0.3) is 22.6 Å². The maximum absolute atomic E-state index is 13.2. The number of rotatable bonds is 16. The Morgan fingerprint density at radius 2 is 1.75 bits per heavy atom. The van der Waals surface area contributed by atoms with Crippen LogP contribution in [0.4, 0.5) is 0 Å². The number of carbonyl (C=O) groups excluding carboxylic acids is 3. The SMILES string of the molecule is CCCC(C)C1(CC)C(=O)N=C([O-])NC1=O.CCCc1cc(C(=O)N[C@@H](CC(=O)O)Cc2ccccc2Cl)nn1Cc1ccc(-c2ccccc2-c2nnn[nH]2)nc1.[Na+]. The Morgan fingerprint density at radius 1 is 1.02 bits per heavy atom. The van der Waals surface area contributed by atoms with E-state index in [1.807, 2.05) is 62.4 Å². The van der Waals surface area contributed by atoms with Crippen LogP contribution < -0.4 is 45.3 Å². The van der Waals surface area contributed by atoms with Crippen LogP contribution in [-0.2, 0) is 33.8 Å². The van der Waals surface area contributed by atoms with E-state index >= 15 is 0 Å². The van der Waals surface area contributed by atoms with Crippen molar-refractivity contribution in [3.8, 4) is 22.6 Å². The molecule has 0 bridgehead atoms. The number of amidine groups is 1. The summed E-state index contributed by atoms with van der Waals surface area (Å²) < 4.78 is 1.80. The minimum absolute atomic E-state index is 0. The van der Waals surface area contributed by atoms with Gasteiger partial charge in [-0.3, -0.25) is 28.8 Å². The predicted molar refractivity (Wildman–Crippen MR) is 214 cm³/mol. The molecule has 0 aliphatic carbocycles. The Morgan fingerprint density at radius 3 is 2.36 bits per heavy atom. The van der Waals surface area contributed by atoms with Crippen molar-refractivity contribution in [3.05, 3.63) is 100 Å². The van der Waals surface area contributed by atoms with E-state index < -0.39 is 41.2 Å². The fourth-order valence-electron chi connectivity index (χ4n) is 7.07. The summed E-state index contributed by atoms with van der Waals surface area (Å²) in [5.74, 6) is -2.09. The van der Waals surface area contributed by atoms with E-state index in [1.165, 1.54) is 0 Å². The zero-order valence-electron chi connectivity index (χ0n) is 33.7. The molecule has 59 heavy (non-hydrogen) atoms. The third-order valence-electron chi connectivity index (χ3n) is 10.1. The Bertz CT molecular complexity index is 2250. The van der Waals surface area contributed by atoms with Gasteiger partial charge in [-0.05, 0) is 71.4 Å². The molecule has 0 saturated carbocycles. The van der Waals surface area contributed by atoms with Crippen LogP contribution in [0.5, 0.6) is 0 Å². The van der Waals surface area contributed by atoms with Crippen molar-refractivity contribution < 1.29 is 58.9 Å². The third kappa shape index (κ3) is 11.5. The van der Waals surface area contributed by atoms with E-state index in [0.29, 0.717) is 23.8 Å². The molecule has 3 atom stereocenters. The second-order valence-corrected chi connectivity index (χ2v) is 14.4. The number of aryl methyl sites for hydroxylation is 1. The molecule has 1 aliphatic rings. The Balaban J connectivity index is 0.000000382. The molecule has 18 heteroatoms. The monoisotopic (exact) mass is 832 g/mol. The number of amides is 3. The van der Waals surface area contributed by atoms with Gasteiger partial charge in [0.2, 0.25) is 5.91 Å². The van der Waals surface area contributed by atoms with Gasteiger partial charge in [0.05, 0.1) is 24.7 Å². The van der Waals surface area contributed by atoms with Crippen molar-refractivity contribution in [1.29, 1.82) is 0 Å². The first-order valence-corrected chi connectivity index (χ1v) is 19.5. The molecule has 4 heterocycles. The van der Waals surface area contributed by atoms with Crippen LogP contribution in [-0.4, -0.2) is 76.2 Å². The summed E-state index contributed by atoms with van der Waals surface area (Å²) >= 11 is 6.28. The number of nitrogens with one attached hydrogen (secondary N) is 3. The molecular weight excluding hydrogens is 787 g/mol. The van der Waals surface area contributed by atoms with Crippen molar-refractivity contribution in [1.82, 2.24) is 46.0 Å². The smallest absolute Gasteiger partial charge is 0.846 e. The number of hydrogen-bond donors (Lipinski definition) is 4. The molecule has 0 fully saturated rings. The zero-order chi connectivity index (χ0) is 41.8. The van der Waals surface area contributed by atoms with E-state index in [4.69, 9.17) is 11.6 Å². The van der Waals surface area contributed by atoms with Gasteiger partial charge in [0, 0.05) is 34.1 Å². The van der Waals surface area contributed by atoms with E-state index in [2.05, 4.69) is 53.3 Å². The number of aromatic nitrogens is 7. The summed E-state index contributed by atoms with van der Waals surface area (Å²) in [4.78, 5) is 56.5. The molecule has 0 saturated heterocycles. The molecule has 0 spiro atoms. The van der Waals surface area contributed by atoms with Crippen molar-refractivity contribution in [3.63, 3.8) is 0 Å². The van der Waals surface area contributed by atoms with Crippen LogP contribution in [0, 0.1) is 11.3 Å². The largest absolute Gasteiger partial charge is 1.00 e. The number of tetrazole rings is 1. The zero-order valence-corrected chi connectivity index (χ0v) is 36.5. The summed E-state index contributed by atoms with van der Waals surface area (Å²) in [6.45, 7) is 8.10. The number of aromatic amines is 1. The number of aliphatic imine (C=N–C) groups is 1. The van der Waals surface area contributed by atoms with Crippen molar-refractivity contribution in [2.24, 2.45) is 16.3 Å². The summed E-state index contributed by atoms with van der Waals surface area (Å²) in [5, 5.41) is 44.6. The second kappa shape index (κ2) is 21.6. The number of benzene rings is 2. The molecule has 6 rings (SSSR count). The van der Waals surface area contributed by atoms with Gasteiger partial charge >= 0.3 is 35.5 Å². The maximum Gasteiger partial charge on any atom is 1.00 e. The summed E-state index contributed by atoms with van der Waals surface area (Å²) in [6.07, 6.45) is 5.44. The first-order chi connectivity index (χ1) is 27.9. The van der Waals surface area contributed by atoms with Crippen LogP contribution in [0.15, 0.2) is 77.9 Å². The summed E-state index contributed by atoms with van der Waals surface area (Å²) in [5.41, 5.74) is 4.15. The Kier molecular flexibility index (Phi) is 17.0. The van der Waals surface area contributed by atoms with Gasteiger partial charge in [-0.25, -0.2) is 10.1 Å². The van der Waals surface area contributed by atoms with Crippen molar-refractivity contribution in [2.45, 2.75) is 85.2 Å². The fraction of sp³-hybridized carbons (Fsp3) is 0.366. The minimum atomic E-state index is -1.15. The number of carboxylic acids is 1. The molecule has 0 radical (unpaired) electrons. The van der Waals surface area contributed by atoms with E-state index in [0.717, 1.165) is 59.3 Å². The van der Waals surface area contributed by atoms with Gasteiger partial charge < -0.3 is 20.8 Å². The predicted octanol–water partition coefficient (Wildman–Crippen LogP) is 1.79. The van der Waals surface area contributed by atoms with Crippen LogP contribution in [0.2, 0.25) is 5.02 Å². The molecule has 5 aromatic rings. The molecule has 16 nitrogen and oxygen atoms in total. The fourth-order valence-corrected chi connectivity index (χ4v) is 7.28. The number of H-pyrrole nitrogens is 1. The molecule has 2 unspecified atom stereocenters. The van der Waals surface area contributed by atoms with Gasteiger partial charge in [0.15, 0.2) is 5.82 Å². The molecule has 304 valence electrons. The maximum atomic E-state index is 13.2. The first-order valence-electron chi connectivity index (χ1n) is 19.1. The average molecular weight is 833 g/mol. The number of aliphatic carboxylic acids is 1. The molecule has 3 aromatic heterocycles. The van der Waals surface area contributed by atoms with Gasteiger partial charge in [-0.1, -0.05) is 101 Å². The number of carboxylic acid groups (broad SMARTS) is 1. The molecule has 2 aromatic carbocycles. The van der Waals surface area contributed by atoms with Crippen LogP contribution in [0.1, 0.15) is 87.1 Å². The van der Waals surface area contributed by atoms with Crippen molar-refractivity contribution >= 4 is 41.3 Å². The molecular formula is C41H46ClN10NaO6. The summed E-state index contributed by atoms with van der Waals surface area (Å²) in [7, 11) is 0. The standard InChI is InChI=1S/C30H29ClN8O3.C11H18N2O3.Na/c1-2-7-22-16-27(30(42)33-21(15-28(40)41)14-20-8-3-6-11-25(20)31)36-39(22)18-19-12-13-26(32-17-19)23-9-4-5-10-24(23)29-34-37-38-35-29;1-4-6-7(3)11(5-2)8(14)12-10(16)13-9(11)15;/h3-6,8-13,16-17,21H,2,7,14-15,18H2,1H3,(H,33,42)(H,40,41)(H,34,35,37,38);7H,4-6H2,1-3H3,(H2,12,13,14,15,16);/q;;+1/p-1/t21-;;/m1../s1. The minimum Gasteiger partial charge on any atom is -0.846 e. The normalized spacial score (nSPS) is 15.8. The van der Waals surface area contributed by atoms with Crippen molar-refractivity contribution in [2.75, 3.05) is 0 Å². The molecule has 1 aliphatic heterocycles. The quantitative estimate of drug-likeness (QED) is 0.0827. The van der Waals surface area contributed by atoms with Gasteiger partial charge in [0.25, 0.3) is 11.8 Å². The number of carbonyl (C=O) groups is 4. The molecule has 3 amide bonds. The topological polar surface area (TPSA) is 233 Å². The van der Waals surface area contributed by atoms with E-state index in [1.54, 1.807) is 36.0 Å².